The molecule has 0 fully saturated rings. The van der Waals surface area contributed by atoms with Crippen LogP contribution in [0.4, 0.5) is 11.5 Å². The zero-order valence-corrected chi connectivity index (χ0v) is 12.5. The summed E-state index contributed by atoms with van der Waals surface area (Å²) in [7, 11) is 1.45. The fourth-order valence-electron chi connectivity index (χ4n) is 1.73. The van der Waals surface area contributed by atoms with Crippen molar-refractivity contribution in [3.05, 3.63) is 36.3 Å². The van der Waals surface area contributed by atoms with Crippen molar-refractivity contribution >= 4 is 29.0 Å². The minimum atomic E-state index is -0.762. The summed E-state index contributed by atoms with van der Waals surface area (Å²) < 4.78 is 5.10. The fourth-order valence-corrected chi connectivity index (χ4v) is 1.73. The largest absolute Gasteiger partial charge is 0.495 e. The molecule has 1 aromatic carbocycles. The van der Waals surface area contributed by atoms with Crippen LogP contribution in [0, 0.1) is 11.3 Å². The second-order valence-corrected chi connectivity index (χ2v) is 4.33. The lowest BCUT2D eigenvalue weighted by Gasteiger charge is -2.08. The number of nitriles is 1. The first-order valence-electron chi connectivity index (χ1n) is 6.58. The van der Waals surface area contributed by atoms with Crippen molar-refractivity contribution in [2.75, 3.05) is 17.9 Å². The number of primary amides is 1. The number of carbonyl (C=O) groups is 2. The molecule has 2 amide bonds. The molecule has 0 aliphatic carbocycles. The van der Waals surface area contributed by atoms with Gasteiger partial charge in [0.2, 0.25) is 5.71 Å². The van der Waals surface area contributed by atoms with E-state index in [1.165, 1.54) is 13.4 Å². The number of methoxy groups -OCH3 is 1. The molecule has 10 heteroatoms. The molecule has 0 aliphatic rings. The van der Waals surface area contributed by atoms with E-state index in [1.807, 2.05) is 0 Å². The van der Waals surface area contributed by atoms with Crippen LogP contribution in [-0.4, -0.2) is 34.6 Å². The number of anilines is 2. The van der Waals surface area contributed by atoms with Crippen LogP contribution >= 0.6 is 0 Å². The monoisotopic (exact) mass is 327 g/mol. The predicted molar refractivity (Wildman–Crippen MR) is 85.4 cm³/mol. The number of H-pyrrole nitrogens is 1. The van der Waals surface area contributed by atoms with Gasteiger partial charge in [-0.25, -0.2) is 4.98 Å². The van der Waals surface area contributed by atoms with Crippen molar-refractivity contribution in [3.63, 3.8) is 0 Å². The molecule has 0 bridgehead atoms. The van der Waals surface area contributed by atoms with Crippen LogP contribution in [-0.2, 0) is 4.79 Å². The van der Waals surface area contributed by atoms with Gasteiger partial charge in [-0.05, 0) is 12.1 Å². The van der Waals surface area contributed by atoms with E-state index in [9.17, 15) is 9.59 Å². The number of imidazole rings is 1. The number of aromatic nitrogens is 2. The standard InChI is InChI=1S/C14H13N7O3/c1-24-10-5-3-2-4-8(10)19-14(23)9(6-15)20-21-13-11(12(16)22)17-7-18-13/h2-5,7,21H,1H3,(H2,16,22)(H,17,18)(H,19,23). The average molecular weight is 327 g/mol. The lowest BCUT2D eigenvalue weighted by atomic mass is 10.2. The van der Waals surface area contributed by atoms with Gasteiger partial charge in [0.25, 0.3) is 11.8 Å². The topological polar surface area (TPSA) is 158 Å². The minimum absolute atomic E-state index is 0.000316. The summed E-state index contributed by atoms with van der Waals surface area (Å²) in [4.78, 5) is 29.5. The number of nitrogens with two attached hydrogens (primary N) is 1. The zero-order chi connectivity index (χ0) is 17.5. The summed E-state index contributed by atoms with van der Waals surface area (Å²) in [5, 5.41) is 15.2. The van der Waals surface area contributed by atoms with Gasteiger partial charge in [-0.2, -0.15) is 10.4 Å². The molecular weight excluding hydrogens is 314 g/mol. The maximum Gasteiger partial charge on any atom is 0.287 e. The number of hydrazone groups is 1. The van der Waals surface area contributed by atoms with Crippen molar-refractivity contribution in [2.45, 2.75) is 0 Å². The second kappa shape index (κ2) is 7.41. The molecule has 10 nitrogen and oxygen atoms in total. The van der Waals surface area contributed by atoms with Crippen LogP contribution in [0.15, 0.2) is 35.7 Å². The van der Waals surface area contributed by atoms with Crippen LogP contribution in [0.2, 0.25) is 0 Å². The molecule has 24 heavy (non-hydrogen) atoms. The van der Waals surface area contributed by atoms with Gasteiger partial charge in [-0.15, -0.1) is 0 Å². The van der Waals surface area contributed by atoms with Crippen LogP contribution in [0.1, 0.15) is 10.5 Å². The van der Waals surface area contributed by atoms with Gasteiger partial charge in [0.05, 0.1) is 19.1 Å². The summed E-state index contributed by atoms with van der Waals surface area (Å²) >= 11 is 0. The Kier molecular flexibility index (Phi) is 5.09. The van der Waals surface area contributed by atoms with Crippen molar-refractivity contribution in [1.29, 1.82) is 5.26 Å². The first-order valence-corrected chi connectivity index (χ1v) is 6.58. The first kappa shape index (κ1) is 16.5. The lowest BCUT2D eigenvalue weighted by Crippen LogP contribution is -2.23. The minimum Gasteiger partial charge on any atom is -0.495 e. The van der Waals surface area contributed by atoms with Crippen LogP contribution in [0.5, 0.6) is 5.75 Å². The molecule has 0 saturated heterocycles. The zero-order valence-electron chi connectivity index (χ0n) is 12.5. The van der Waals surface area contributed by atoms with Gasteiger partial charge in [0, 0.05) is 0 Å². The van der Waals surface area contributed by atoms with Gasteiger partial charge in [-0.3, -0.25) is 15.0 Å². The van der Waals surface area contributed by atoms with Gasteiger partial charge < -0.3 is 20.8 Å². The third-order valence-corrected chi connectivity index (χ3v) is 2.84. The lowest BCUT2D eigenvalue weighted by molar-refractivity contribution is -0.110. The van der Waals surface area contributed by atoms with Gasteiger partial charge in [0.15, 0.2) is 5.82 Å². The Morgan fingerprint density at radius 1 is 1.42 bits per heavy atom. The number of carbonyl (C=O) groups excluding carboxylic acids is 2. The molecule has 0 spiro atoms. The van der Waals surface area contributed by atoms with E-state index < -0.39 is 17.5 Å². The molecule has 1 heterocycles. The summed E-state index contributed by atoms with van der Waals surface area (Å²) in [5.41, 5.74) is 7.37. The Morgan fingerprint density at radius 2 is 2.17 bits per heavy atom. The predicted octanol–water partition coefficient (Wildman–Crippen LogP) is 0.447. The molecule has 0 atom stereocenters. The molecule has 2 aromatic rings. The summed E-state index contributed by atoms with van der Waals surface area (Å²) in [6.07, 6.45) is 1.22. The van der Waals surface area contributed by atoms with E-state index in [1.54, 1.807) is 30.3 Å². The molecule has 0 aliphatic heterocycles. The van der Waals surface area contributed by atoms with E-state index in [0.717, 1.165) is 0 Å². The Hall–Kier alpha value is -3.87. The quantitative estimate of drug-likeness (QED) is 0.445. The normalized spacial score (nSPS) is 10.6. The third-order valence-electron chi connectivity index (χ3n) is 2.84. The third kappa shape index (κ3) is 3.66. The van der Waals surface area contributed by atoms with E-state index in [4.69, 9.17) is 15.7 Å². The van der Waals surface area contributed by atoms with Gasteiger partial charge in [-0.1, -0.05) is 12.1 Å². The maximum absolute atomic E-state index is 12.1. The number of hydrogen-bond donors (Lipinski definition) is 4. The Morgan fingerprint density at radius 3 is 2.83 bits per heavy atom. The number of hydrogen-bond acceptors (Lipinski definition) is 7. The van der Waals surface area contributed by atoms with Gasteiger partial charge in [0.1, 0.15) is 17.5 Å². The molecule has 0 radical (unpaired) electrons. The van der Waals surface area contributed by atoms with E-state index in [-0.39, 0.29) is 11.5 Å². The Bertz CT molecular complexity index is 835. The highest BCUT2D eigenvalue weighted by Gasteiger charge is 2.15. The molecular formula is C14H13N7O3. The van der Waals surface area contributed by atoms with Gasteiger partial charge >= 0.3 is 0 Å². The number of para-hydroxylation sites is 2. The van der Waals surface area contributed by atoms with Crippen molar-refractivity contribution < 1.29 is 14.3 Å². The molecule has 122 valence electrons. The SMILES string of the molecule is COc1ccccc1NC(=O)C(C#N)=NNc1nc[nH]c1C(N)=O. The second-order valence-electron chi connectivity index (χ2n) is 4.33. The number of aromatic amines is 1. The number of rotatable bonds is 6. The molecule has 1 aromatic heterocycles. The number of nitrogens with zero attached hydrogens (tertiary/aromatic N) is 3. The molecule has 0 unspecified atom stereocenters. The molecule has 0 saturated carbocycles. The smallest absolute Gasteiger partial charge is 0.287 e. The van der Waals surface area contributed by atoms with Crippen LogP contribution < -0.4 is 21.2 Å². The highest BCUT2D eigenvalue weighted by molar-refractivity contribution is 6.48. The van der Waals surface area contributed by atoms with E-state index in [2.05, 4.69) is 25.8 Å². The highest BCUT2D eigenvalue weighted by Crippen LogP contribution is 2.22. The number of nitrogens with one attached hydrogen (secondary N) is 3. The Balaban J connectivity index is 2.15. The van der Waals surface area contributed by atoms with E-state index in [0.29, 0.717) is 11.4 Å². The number of benzene rings is 1. The van der Waals surface area contributed by atoms with Crippen molar-refractivity contribution in [3.8, 4) is 11.8 Å². The fraction of sp³-hybridized carbons (Fsp3) is 0.0714. The Labute approximate surface area is 136 Å². The summed E-state index contributed by atoms with van der Waals surface area (Å²) in [6, 6.07) is 8.34. The maximum atomic E-state index is 12.1. The first-order chi connectivity index (χ1) is 11.6. The van der Waals surface area contributed by atoms with Crippen molar-refractivity contribution in [1.82, 2.24) is 9.97 Å². The van der Waals surface area contributed by atoms with Crippen molar-refractivity contribution in [2.24, 2.45) is 10.8 Å². The van der Waals surface area contributed by atoms with E-state index >= 15 is 0 Å². The number of ether oxygens (including phenoxy) is 1. The highest BCUT2D eigenvalue weighted by atomic mass is 16.5. The summed E-state index contributed by atoms with van der Waals surface area (Å²) in [6.45, 7) is 0. The summed E-state index contributed by atoms with van der Waals surface area (Å²) in [5.74, 6) is -1.09. The number of amides is 2. The average Bonchev–Trinajstić information content (AvgIpc) is 3.04. The molecule has 5 N–H and O–H groups in total. The molecule has 2 rings (SSSR count). The van der Waals surface area contributed by atoms with Crippen LogP contribution in [0.3, 0.4) is 0 Å². The van der Waals surface area contributed by atoms with Crippen LogP contribution in [0.25, 0.3) is 0 Å².